The van der Waals surface area contributed by atoms with E-state index in [1.165, 1.54) is 11.1 Å². The summed E-state index contributed by atoms with van der Waals surface area (Å²) in [6.07, 6.45) is 1.68. The monoisotopic (exact) mass is 216 g/mol. The summed E-state index contributed by atoms with van der Waals surface area (Å²) in [5.74, 6) is 0. The van der Waals surface area contributed by atoms with Crippen molar-refractivity contribution in [2.75, 3.05) is 6.61 Å². The third kappa shape index (κ3) is 3.38. The van der Waals surface area contributed by atoms with Crippen LogP contribution < -0.4 is 0 Å². The Kier molecular flexibility index (Phi) is 5.10. The summed E-state index contributed by atoms with van der Waals surface area (Å²) in [4.78, 5) is 0. The second-order valence-corrected chi connectivity index (χ2v) is 3.59. The van der Waals surface area contributed by atoms with Crippen LogP contribution in [0.15, 0.2) is 24.3 Å². The SMILES string of the molecule is CCc1cccc(C[C@@H](CO)OP)c1.[3HH]. The first-order valence-corrected chi connectivity index (χ1v) is 5.31. The van der Waals surface area contributed by atoms with E-state index < -0.39 is 0 Å². The fourth-order valence-corrected chi connectivity index (χ4v) is 1.58. The van der Waals surface area contributed by atoms with Gasteiger partial charge in [0.15, 0.2) is 0 Å². The normalized spacial score (nSPS) is 12.8. The third-order valence-corrected chi connectivity index (χ3v) is 2.64. The van der Waals surface area contributed by atoms with Crippen molar-refractivity contribution in [1.29, 1.82) is 0 Å². The highest BCUT2D eigenvalue weighted by molar-refractivity contribution is 7.09. The molecule has 1 rings (SSSR count). The van der Waals surface area contributed by atoms with Crippen molar-refractivity contribution in [1.82, 2.24) is 0 Å². The van der Waals surface area contributed by atoms with Crippen molar-refractivity contribution < 1.29 is 11.1 Å². The van der Waals surface area contributed by atoms with E-state index in [9.17, 15) is 0 Å². The smallest absolute Gasteiger partial charge is 0.0881 e. The standard InChI is InChI=1S/C11H17O2P.H2/c1-2-9-4-3-5-10(6-9)7-11(8-12)13-14;/h3-6,11-12H,2,7-8,14H2,1H3;1H/t11-;/m0./s1/i;1+2. The summed E-state index contributed by atoms with van der Waals surface area (Å²) >= 11 is 0. The molecule has 2 nitrogen and oxygen atoms in total. The van der Waals surface area contributed by atoms with Crippen LogP contribution in [0.25, 0.3) is 0 Å². The molecule has 0 radical (unpaired) electrons. The molecule has 14 heavy (non-hydrogen) atoms. The van der Waals surface area contributed by atoms with Gasteiger partial charge in [-0.2, -0.15) is 0 Å². The number of aliphatic hydroxyl groups is 1. The maximum atomic E-state index is 8.98. The Hall–Kier alpha value is -0.430. The molecular weight excluding hydrogens is 195 g/mol. The highest BCUT2D eigenvalue weighted by atomic mass is 31.0. The van der Waals surface area contributed by atoms with Gasteiger partial charge in [-0.25, -0.2) is 0 Å². The van der Waals surface area contributed by atoms with Crippen molar-refractivity contribution >= 4 is 9.47 Å². The number of rotatable bonds is 5. The van der Waals surface area contributed by atoms with Crippen molar-refractivity contribution in [3.8, 4) is 0 Å². The van der Waals surface area contributed by atoms with Crippen LogP contribution in [0.2, 0.25) is 0 Å². The largest absolute Gasteiger partial charge is 0.394 e. The molecule has 0 aliphatic heterocycles. The second-order valence-electron chi connectivity index (χ2n) is 3.32. The highest BCUT2D eigenvalue weighted by Gasteiger charge is 2.06. The van der Waals surface area contributed by atoms with E-state index in [1.54, 1.807) is 0 Å². The van der Waals surface area contributed by atoms with Crippen molar-refractivity contribution in [3.05, 3.63) is 35.4 Å². The minimum atomic E-state index is -0.118. The number of benzene rings is 1. The zero-order valence-electron chi connectivity index (χ0n) is 8.44. The zero-order valence-corrected chi connectivity index (χ0v) is 9.60. The van der Waals surface area contributed by atoms with Crippen LogP contribution in [-0.2, 0) is 17.4 Å². The average molecular weight is 216 g/mol. The molecule has 80 valence electrons. The van der Waals surface area contributed by atoms with Crippen LogP contribution in [-0.4, -0.2) is 17.8 Å². The van der Waals surface area contributed by atoms with Crippen molar-refractivity contribution in [2.45, 2.75) is 25.9 Å². The molecule has 0 heterocycles. The predicted molar refractivity (Wildman–Crippen MR) is 63.3 cm³/mol. The van der Waals surface area contributed by atoms with Gasteiger partial charge in [0.25, 0.3) is 0 Å². The topological polar surface area (TPSA) is 29.5 Å². The predicted octanol–water partition coefficient (Wildman–Crippen LogP) is 2.21. The van der Waals surface area contributed by atoms with Gasteiger partial charge < -0.3 is 9.63 Å². The van der Waals surface area contributed by atoms with Crippen LogP contribution in [0, 0.1) is 0 Å². The molecule has 0 aliphatic rings. The third-order valence-electron chi connectivity index (χ3n) is 2.26. The highest BCUT2D eigenvalue weighted by Crippen LogP contribution is 2.11. The van der Waals surface area contributed by atoms with E-state index in [0.717, 1.165) is 12.8 Å². The summed E-state index contributed by atoms with van der Waals surface area (Å²) in [5, 5.41) is 8.98. The Balaban J connectivity index is 0.00000196. The van der Waals surface area contributed by atoms with Gasteiger partial charge >= 0.3 is 0 Å². The minimum absolute atomic E-state index is 0. The number of aryl methyl sites for hydroxylation is 1. The molecule has 1 unspecified atom stereocenters. The van der Waals surface area contributed by atoms with E-state index in [0.29, 0.717) is 0 Å². The van der Waals surface area contributed by atoms with Gasteiger partial charge in [0.1, 0.15) is 0 Å². The van der Waals surface area contributed by atoms with Crippen molar-refractivity contribution in [3.63, 3.8) is 0 Å². The molecule has 0 aromatic heterocycles. The first-order chi connectivity index (χ1) is 6.80. The molecule has 0 saturated carbocycles. The molecule has 0 amide bonds. The van der Waals surface area contributed by atoms with Crippen LogP contribution in [0.5, 0.6) is 0 Å². The van der Waals surface area contributed by atoms with Crippen molar-refractivity contribution in [2.24, 2.45) is 0 Å². The molecule has 3 heteroatoms. The first-order valence-electron chi connectivity index (χ1n) is 4.84. The van der Waals surface area contributed by atoms with Gasteiger partial charge in [0.05, 0.1) is 12.7 Å². The molecule has 0 spiro atoms. The maximum absolute atomic E-state index is 8.98. The lowest BCUT2D eigenvalue weighted by Crippen LogP contribution is -2.16. The Bertz CT molecular complexity index is 277. The lowest BCUT2D eigenvalue weighted by atomic mass is 10.0. The lowest BCUT2D eigenvalue weighted by molar-refractivity contribution is 0.135. The average Bonchev–Trinajstić information content (AvgIpc) is 2.26. The van der Waals surface area contributed by atoms with Gasteiger partial charge in [0.2, 0.25) is 0 Å². The number of aliphatic hydroxyl groups excluding tert-OH is 1. The fourth-order valence-electron chi connectivity index (χ4n) is 1.40. The van der Waals surface area contributed by atoms with E-state index in [2.05, 4.69) is 34.6 Å². The minimum Gasteiger partial charge on any atom is -0.394 e. The molecule has 0 saturated heterocycles. The molecule has 0 fully saturated rings. The van der Waals surface area contributed by atoms with Gasteiger partial charge in [0, 0.05) is 17.3 Å². The molecule has 1 aromatic rings. The Labute approximate surface area is 89.1 Å². The molecule has 0 bridgehead atoms. The van der Waals surface area contributed by atoms with E-state index in [4.69, 9.17) is 9.63 Å². The van der Waals surface area contributed by atoms with Gasteiger partial charge in [-0.3, -0.25) is 0 Å². The van der Waals surface area contributed by atoms with E-state index in [-0.39, 0.29) is 14.1 Å². The van der Waals surface area contributed by atoms with Gasteiger partial charge in [-0.05, 0) is 17.5 Å². The molecule has 1 N–H and O–H groups in total. The fraction of sp³-hybridized carbons (Fsp3) is 0.455. The van der Waals surface area contributed by atoms with E-state index >= 15 is 0 Å². The summed E-state index contributed by atoms with van der Waals surface area (Å²) in [5.41, 5.74) is 2.54. The number of hydrogen-bond acceptors (Lipinski definition) is 2. The van der Waals surface area contributed by atoms with Crippen LogP contribution in [0.4, 0.5) is 0 Å². The quantitative estimate of drug-likeness (QED) is 0.765. The van der Waals surface area contributed by atoms with E-state index in [1.807, 2.05) is 6.07 Å². The molecule has 1 aromatic carbocycles. The Morgan fingerprint density at radius 2 is 2.21 bits per heavy atom. The second kappa shape index (κ2) is 6.13. The van der Waals surface area contributed by atoms with Gasteiger partial charge in [-0.15, -0.1) is 0 Å². The lowest BCUT2D eigenvalue weighted by Gasteiger charge is -2.12. The maximum Gasteiger partial charge on any atom is 0.0881 e. The Morgan fingerprint density at radius 1 is 1.50 bits per heavy atom. The summed E-state index contributed by atoms with van der Waals surface area (Å²) in [6.45, 7) is 2.19. The van der Waals surface area contributed by atoms with Crippen LogP contribution in [0.3, 0.4) is 0 Å². The zero-order chi connectivity index (χ0) is 10.4. The molecular formula is C11H19O2P. The molecule has 0 aliphatic carbocycles. The van der Waals surface area contributed by atoms with Gasteiger partial charge in [-0.1, -0.05) is 31.2 Å². The summed E-state index contributed by atoms with van der Waals surface area (Å²) in [6, 6.07) is 8.38. The summed E-state index contributed by atoms with van der Waals surface area (Å²) < 4.78 is 5.04. The van der Waals surface area contributed by atoms with Crippen LogP contribution in [0.1, 0.15) is 19.5 Å². The first kappa shape index (κ1) is 11.6. The summed E-state index contributed by atoms with van der Waals surface area (Å²) in [7, 11) is 2.20. The number of hydrogen-bond donors (Lipinski definition) is 1. The molecule has 2 atom stereocenters. The van der Waals surface area contributed by atoms with Crippen LogP contribution >= 0.6 is 9.47 Å². The Morgan fingerprint density at radius 3 is 2.79 bits per heavy atom.